The normalized spacial score (nSPS) is 11.5. The molecule has 0 atom stereocenters. The van der Waals surface area contributed by atoms with E-state index >= 15 is 0 Å². The fraction of sp³-hybridized carbons (Fsp3) is 0.300. The van der Waals surface area contributed by atoms with E-state index < -0.39 is 0 Å². The van der Waals surface area contributed by atoms with Crippen molar-refractivity contribution in [3.8, 4) is 5.95 Å². The van der Waals surface area contributed by atoms with Crippen molar-refractivity contribution in [2.24, 2.45) is 0 Å². The van der Waals surface area contributed by atoms with Crippen LogP contribution in [-0.2, 0) is 16.6 Å². The average Bonchev–Trinajstić information content (AvgIpc) is 3.08. The predicted octanol–water partition coefficient (Wildman–Crippen LogP) is 4.84. The molecule has 2 heterocycles. The van der Waals surface area contributed by atoms with Gasteiger partial charge in [-0.3, -0.25) is 4.79 Å². The Hall–Kier alpha value is -2.44. The molecule has 8 heteroatoms. The molecule has 2 aromatic heterocycles. The van der Waals surface area contributed by atoms with Crippen LogP contribution in [0.4, 0.5) is 5.82 Å². The molecular weight excluding hydrogens is 397 g/mol. The third-order valence-corrected chi connectivity index (χ3v) is 5.00. The number of anilines is 1. The Bertz CT molecular complexity index is 980. The zero-order chi connectivity index (χ0) is 20.3. The van der Waals surface area contributed by atoms with Gasteiger partial charge >= 0.3 is 0 Å². The van der Waals surface area contributed by atoms with E-state index in [1.54, 1.807) is 29.2 Å². The molecule has 0 saturated heterocycles. The zero-order valence-corrected chi connectivity index (χ0v) is 17.4. The van der Waals surface area contributed by atoms with Crippen LogP contribution in [0.5, 0.6) is 0 Å². The quantitative estimate of drug-likeness (QED) is 0.644. The molecule has 0 unspecified atom stereocenters. The highest BCUT2D eigenvalue weighted by atomic mass is 35.5. The van der Waals surface area contributed by atoms with Crippen molar-refractivity contribution >= 4 is 34.9 Å². The largest absolute Gasteiger partial charge is 0.310 e. The SMILES string of the molecule is CC(C)(C)c1cc(NC(=O)CCc2cccc(Cl)c2Cl)n(-c2ncccn2)n1. The first-order valence-corrected chi connectivity index (χ1v) is 9.62. The number of nitrogens with zero attached hydrogens (tertiary/aromatic N) is 4. The molecule has 0 bridgehead atoms. The molecule has 0 aliphatic heterocycles. The summed E-state index contributed by atoms with van der Waals surface area (Å²) in [6.07, 6.45) is 4.00. The number of carbonyl (C=O) groups excluding carboxylic acids is 1. The maximum Gasteiger partial charge on any atom is 0.252 e. The van der Waals surface area contributed by atoms with Gasteiger partial charge in [0.05, 0.1) is 15.7 Å². The molecule has 0 aliphatic rings. The van der Waals surface area contributed by atoms with Gasteiger partial charge in [-0.15, -0.1) is 0 Å². The van der Waals surface area contributed by atoms with Crippen LogP contribution in [-0.4, -0.2) is 25.7 Å². The van der Waals surface area contributed by atoms with Crippen LogP contribution in [0.25, 0.3) is 5.95 Å². The van der Waals surface area contributed by atoms with Gasteiger partial charge < -0.3 is 5.32 Å². The first-order valence-electron chi connectivity index (χ1n) is 8.86. The summed E-state index contributed by atoms with van der Waals surface area (Å²) in [4.78, 5) is 21.0. The Labute approximate surface area is 173 Å². The summed E-state index contributed by atoms with van der Waals surface area (Å²) in [6, 6.07) is 8.98. The third-order valence-electron chi connectivity index (χ3n) is 4.14. The Kier molecular flexibility index (Phi) is 6.01. The van der Waals surface area contributed by atoms with E-state index in [0.717, 1.165) is 11.3 Å². The highest BCUT2D eigenvalue weighted by Gasteiger charge is 2.22. The number of benzene rings is 1. The lowest BCUT2D eigenvalue weighted by atomic mass is 9.92. The molecule has 1 aromatic carbocycles. The van der Waals surface area contributed by atoms with Crippen LogP contribution in [0.3, 0.4) is 0 Å². The fourth-order valence-corrected chi connectivity index (χ4v) is 3.00. The molecule has 0 fully saturated rings. The fourth-order valence-electron chi connectivity index (χ4n) is 2.58. The van der Waals surface area contributed by atoms with E-state index in [4.69, 9.17) is 23.2 Å². The number of aryl methyl sites for hydroxylation is 1. The number of nitrogens with one attached hydrogen (secondary N) is 1. The highest BCUT2D eigenvalue weighted by Crippen LogP contribution is 2.27. The van der Waals surface area contributed by atoms with Gasteiger partial charge in [0.1, 0.15) is 5.82 Å². The van der Waals surface area contributed by atoms with E-state index in [9.17, 15) is 4.79 Å². The predicted molar refractivity (Wildman–Crippen MR) is 111 cm³/mol. The van der Waals surface area contributed by atoms with Gasteiger partial charge in [-0.05, 0) is 24.1 Å². The maximum atomic E-state index is 12.6. The van der Waals surface area contributed by atoms with Crippen molar-refractivity contribution in [3.05, 3.63) is 64.0 Å². The van der Waals surface area contributed by atoms with Gasteiger partial charge in [0.15, 0.2) is 0 Å². The van der Waals surface area contributed by atoms with Crippen molar-refractivity contribution < 1.29 is 4.79 Å². The standard InChI is InChI=1S/C20H21Cl2N5O/c1-20(2,3)15-12-16(27(26-15)19-23-10-5-11-24-19)25-17(28)9-8-13-6-4-7-14(21)18(13)22/h4-7,10-12H,8-9H2,1-3H3,(H,25,28). The number of aromatic nitrogens is 4. The van der Waals surface area contributed by atoms with Gasteiger partial charge in [-0.2, -0.15) is 9.78 Å². The molecule has 6 nitrogen and oxygen atoms in total. The van der Waals surface area contributed by atoms with E-state index in [1.807, 2.05) is 18.2 Å². The van der Waals surface area contributed by atoms with E-state index in [2.05, 4.69) is 41.2 Å². The van der Waals surface area contributed by atoms with Crippen LogP contribution in [0.1, 0.15) is 38.4 Å². The third kappa shape index (κ3) is 4.69. The molecule has 1 N–H and O–H groups in total. The van der Waals surface area contributed by atoms with Crippen LogP contribution in [0.15, 0.2) is 42.7 Å². The van der Waals surface area contributed by atoms with Gasteiger partial charge in [0.2, 0.25) is 5.91 Å². The average molecular weight is 418 g/mol. The first-order chi connectivity index (χ1) is 13.3. The molecule has 146 valence electrons. The van der Waals surface area contributed by atoms with E-state index in [1.165, 1.54) is 0 Å². The molecule has 0 spiro atoms. The van der Waals surface area contributed by atoms with Gasteiger partial charge in [-0.1, -0.05) is 56.1 Å². The Morgan fingerprint density at radius 2 is 1.86 bits per heavy atom. The molecule has 3 rings (SSSR count). The second kappa shape index (κ2) is 8.29. The van der Waals surface area contributed by atoms with E-state index in [0.29, 0.717) is 28.2 Å². The first kappa shape index (κ1) is 20.3. The number of amides is 1. The zero-order valence-electron chi connectivity index (χ0n) is 15.9. The summed E-state index contributed by atoms with van der Waals surface area (Å²) in [7, 11) is 0. The van der Waals surface area contributed by atoms with Gasteiger partial charge in [0, 0.05) is 30.3 Å². The van der Waals surface area contributed by atoms with Crippen molar-refractivity contribution in [1.82, 2.24) is 19.7 Å². The second-order valence-electron chi connectivity index (χ2n) is 7.39. The van der Waals surface area contributed by atoms with Crippen molar-refractivity contribution in [2.45, 2.75) is 39.0 Å². The Balaban J connectivity index is 1.80. The Morgan fingerprint density at radius 1 is 1.14 bits per heavy atom. The topological polar surface area (TPSA) is 72.7 Å². The summed E-state index contributed by atoms with van der Waals surface area (Å²) in [6.45, 7) is 6.16. The molecular formula is C20H21Cl2N5O. The number of rotatable bonds is 5. The number of carbonyl (C=O) groups is 1. The molecule has 1 amide bonds. The second-order valence-corrected chi connectivity index (χ2v) is 8.17. The van der Waals surface area contributed by atoms with Crippen LogP contribution in [0.2, 0.25) is 10.0 Å². The number of hydrogen-bond donors (Lipinski definition) is 1. The van der Waals surface area contributed by atoms with Gasteiger partial charge in [0.25, 0.3) is 5.95 Å². The lowest BCUT2D eigenvalue weighted by molar-refractivity contribution is -0.116. The summed E-state index contributed by atoms with van der Waals surface area (Å²) < 4.78 is 1.55. The van der Waals surface area contributed by atoms with Crippen LogP contribution in [0, 0.1) is 0 Å². The van der Waals surface area contributed by atoms with E-state index in [-0.39, 0.29) is 17.7 Å². The smallest absolute Gasteiger partial charge is 0.252 e. The highest BCUT2D eigenvalue weighted by molar-refractivity contribution is 6.42. The minimum atomic E-state index is -0.187. The monoisotopic (exact) mass is 417 g/mol. The molecule has 28 heavy (non-hydrogen) atoms. The summed E-state index contributed by atoms with van der Waals surface area (Å²) in [5.41, 5.74) is 1.47. The van der Waals surface area contributed by atoms with Crippen molar-refractivity contribution in [2.75, 3.05) is 5.32 Å². The lowest BCUT2D eigenvalue weighted by Gasteiger charge is -2.13. The molecule has 3 aromatic rings. The Morgan fingerprint density at radius 3 is 2.54 bits per heavy atom. The van der Waals surface area contributed by atoms with Crippen LogP contribution >= 0.6 is 23.2 Å². The number of halogens is 2. The van der Waals surface area contributed by atoms with Crippen molar-refractivity contribution in [1.29, 1.82) is 0 Å². The van der Waals surface area contributed by atoms with Crippen molar-refractivity contribution in [3.63, 3.8) is 0 Å². The summed E-state index contributed by atoms with van der Waals surface area (Å²) >= 11 is 12.2. The summed E-state index contributed by atoms with van der Waals surface area (Å²) in [5.74, 6) is 0.762. The molecule has 0 saturated carbocycles. The summed E-state index contributed by atoms with van der Waals surface area (Å²) in [5, 5.41) is 8.46. The molecule has 0 aliphatic carbocycles. The van der Waals surface area contributed by atoms with Gasteiger partial charge in [-0.25, -0.2) is 9.97 Å². The molecule has 0 radical (unpaired) electrons. The minimum absolute atomic E-state index is 0.159. The number of hydrogen-bond acceptors (Lipinski definition) is 4. The lowest BCUT2D eigenvalue weighted by Crippen LogP contribution is -2.16. The minimum Gasteiger partial charge on any atom is -0.310 e. The van der Waals surface area contributed by atoms with Crippen LogP contribution < -0.4 is 5.32 Å². The maximum absolute atomic E-state index is 12.6.